The zero-order valence-electron chi connectivity index (χ0n) is 9.04. The Kier molecular flexibility index (Phi) is 4.45. The fraction of sp³-hybridized carbons (Fsp3) is 0.400. The van der Waals surface area contributed by atoms with Crippen LogP contribution in [0.1, 0.15) is 35.1 Å². The SMILES string of the molecule is CCOC(=O)c1nc(C(F)F)cc(F)c1CN. The summed E-state index contributed by atoms with van der Waals surface area (Å²) in [5.74, 6) is -1.95. The zero-order chi connectivity index (χ0) is 13.0. The summed E-state index contributed by atoms with van der Waals surface area (Å²) in [6.45, 7) is 1.24. The number of aromatic nitrogens is 1. The fourth-order valence-corrected chi connectivity index (χ4v) is 1.23. The number of ether oxygens (including phenoxy) is 1. The lowest BCUT2D eigenvalue weighted by molar-refractivity contribution is 0.0515. The Bertz CT molecular complexity index is 424. The number of nitrogens with zero attached hydrogens (tertiary/aromatic N) is 1. The van der Waals surface area contributed by atoms with Crippen LogP contribution in [0.4, 0.5) is 13.2 Å². The smallest absolute Gasteiger partial charge is 0.357 e. The Morgan fingerprint density at radius 3 is 2.71 bits per heavy atom. The van der Waals surface area contributed by atoms with E-state index in [4.69, 9.17) is 5.73 Å². The van der Waals surface area contributed by atoms with Crippen molar-refractivity contribution >= 4 is 5.97 Å². The summed E-state index contributed by atoms with van der Waals surface area (Å²) >= 11 is 0. The van der Waals surface area contributed by atoms with Gasteiger partial charge in [-0.1, -0.05) is 0 Å². The predicted octanol–water partition coefficient (Wildman–Crippen LogP) is 1.79. The van der Waals surface area contributed by atoms with E-state index in [-0.39, 0.29) is 18.7 Å². The van der Waals surface area contributed by atoms with Gasteiger partial charge in [-0.2, -0.15) is 0 Å². The fourth-order valence-electron chi connectivity index (χ4n) is 1.23. The molecule has 0 spiro atoms. The van der Waals surface area contributed by atoms with E-state index in [1.54, 1.807) is 0 Å². The number of esters is 1. The number of carbonyl (C=O) groups excluding carboxylic acids is 1. The average Bonchev–Trinajstić information content (AvgIpc) is 2.28. The lowest BCUT2D eigenvalue weighted by Gasteiger charge is -2.09. The van der Waals surface area contributed by atoms with Gasteiger partial charge in [0.1, 0.15) is 11.5 Å². The molecule has 0 radical (unpaired) electrons. The first-order chi connectivity index (χ1) is 8.01. The monoisotopic (exact) mass is 248 g/mol. The molecular formula is C10H11F3N2O2. The van der Waals surface area contributed by atoms with Crippen LogP contribution in [0.25, 0.3) is 0 Å². The molecular weight excluding hydrogens is 237 g/mol. The minimum atomic E-state index is -2.97. The van der Waals surface area contributed by atoms with Crippen molar-refractivity contribution < 1.29 is 22.7 Å². The van der Waals surface area contributed by atoms with E-state index in [0.717, 1.165) is 0 Å². The summed E-state index contributed by atoms with van der Waals surface area (Å²) in [6.07, 6.45) is -2.97. The highest BCUT2D eigenvalue weighted by Crippen LogP contribution is 2.21. The van der Waals surface area contributed by atoms with Crippen LogP contribution in [0.2, 0.25) is 0 Å². The van der Waals surface area contributed by atoms with E-state index < -0.39 is 29.6 Å². The first kappa shape index (κ1) is 13.4. The Balaban J connectivity index is 3.28. The maximum absolute atomic E-state index is 13.4. The maximum Gasteiger partial charge on any atom is 0.357 e. The van der Waals surface area contributed by atoms with Crippen molar-refractivity contribution in [2.45, 2.75) is 19.9 Å². The summed E-state index contributed by atoms with van der Waals surface area (Å²) in [5.41, 5.74) is 3.69. The molecule has 0 aromatic carbocycles. The third-order valence-corrected chi connectivity index (χ3v) is 1.99. The van der Waals surface area contributed by atoms with Gasteiger partial charge in [0.25, 0.3) is 6.43 Å². The molecule has 0 bridgehead atoms. The number of nitrogens with two attached hydrogens (primary N) is 1. The number of pyridine rings is 1. The molecule has 1 rings (SSSR count). The second-order valence-electron chi connectivity index (χ2n) is 3.08. The van der Waals surface area contributed by atoms with E-state index in [9.17, 15) is 18.0 Å². The molecule has 2 N–H and O–H groups in total. The van der Waals surface area contributed by atoms with Gasteiger partial charge in [-0.15, -0.1) is 0 Å². The maximum atomic E-state index is 13.4. The third kappa shape index (κ3) is 2.94. The van der Waals surface area contributed by atoms with Crippen LogP contribution in [-0.2, 0) is 11.3 Å². The molecule has 0 aliphatic rings. The highest BCUT2D eigenvalue weighted by atomic mass is 19.3. The second-order valence-corrected chi connectivity index (χ2v) is 3.08. The van der Waals surface area contributed by atoms with Gasteiger partial charge < -0.3 is 10.5 Å². The third-order valence-electron chi connectivity index (χ3n) is 1.99. The Morgan fingerprint density at radius 2 is 2.24 bits per heavy atom. The van der Waals surface area contributed by atoms with Gasteiger partial charge in [-0.3, -0.25) is 0 Å². The van der Waals surface area contributed by atoms with Gasteiger partial charge in [0, 0.05) is 18.2 Å². The number of hydrogen-bond acceptors (Lipinski definition) is 4. The van der Waals surface area contributed by atoms with Crippen LogP contribution < -0.4 is 5.73 Å². The summed E-state index contributed by atoms with van der Waals surface area (Å²) in [6, 6.07) is 0.565. The number of alkyl halides is 2. The van der Waals surface area contributed by atoms with Crippen molar-refractivity contribution in [2.24, 2.45) is 5.73 Å². The normalized spacial score (nSPS) is 10.7. The molecule has 1 aromatic heterocycles. The topological polar surface area (TPSA) is 65.2 Å². The van der Waals surface area contributed by atoms with Gasteiger partial charge in [0.05, 0.1) is 6.61 Å². The Morgan fingerprint density at radius 1 is 1.59 bits per heavy atom. The summed E-state index contributed by atoms with van der Waals surface area (Å²) < 4.78 is 42.8. The van der Waals surface area contributed by atoms with Crippen molar-refractivity contribution in [1.82, 2.24) is 4.98 Å². The van der Waals surface area contributed by atoms with Gasteiger partial charge in [-0.05, 0) is 6.92 Å². The molecule has 0 unspecified atom stereocenters. The molecule has 0 aliphatic heterocycles. The molecule has 0 saturated heterocycles. The number of halogens is 3. The minimum absolute atomic E-state index is 0.0328. The van der Waals surface area contributed by atoms with Crippen molar-refractivity contribution in [3.8, 4) is 0 Å². The van der Waals surface area contributed by atoms with Crippen LogP contribution >= 0.6 is 0 Å². The van der Waals surface area contributed by atoms with Gasteiger partial charge in [0.15, 0.2) is 5.69 Å². The molecule has 4 nitrogen and oxygen atoms in total. The van der Waals surface area contributed by atoms with Gasteiger partial charge >= 0.3 is 5.97 Å². The highest BCUT2D eigenvalue weighted by Gasteiger charge is 2.22. The molecule has 1 heterocycles. The summed E-state index contributed by atoms with van der Waals surface area (Å²) in [7, 11) is 0. The van der Waals surface area contributed by atoms with Crippen LogP contribution in [0.15, 0.2) is 6.07 Å². The number of rotatable bonds is 4. The van der Waals surface area contributed by atoms with Crippen molar-refractivity contribution in [3.63, 3.8) is 0 Å². The largest absolute Gasteiger partial charge is 0.461 e. The number of carbonyl (C=O) groups is 1. The predicted molar refractivity (Wildman–Crippen MR) is 53.0 cm³/mol. The van der Waals surface area contributed by atoms with E-state index in [2.05, 4.69) is 9.72 Å². The quantitative estimate of drug-likeness (QED) is 0.825. The van der Waals surface area contributed by atoms with Crippen LogP contribution in [-0.4, -0.2) is 17.6 Å². The Labute approximate surface area is 95.6 Å². The van der Waals surface area contributed by atoms with Gasteiger partial charge in [0.2, 0.25) is 0 Å². The van der Waals surface area contributed by atoms with E-state index >= 15 is 0 Å². The number of hydrogen-bond donors (Lipinski definition) is 1. The van der Waals surface area contributed by atoms with E-state index in [0.29, 0.717) is 6.07 Å². The molecule has 0 fully saturated rings. The summed E-state index contributed by atoms with van der Waals surface area (Å²) in [5, 5.41) is 0. The van der Waals surface area contributed by atoms with Crippen LogP contribution in [0.3, 0.4) is 0 Å². The first-order valence-corrected chi connectivity index (χ1v) is 4.85. The second kappa shape index (κ2) is 5.62. The molecule has 0 aliphatic carbocycles. The average molecular weight is 248 g/mol. The summed E-state index contributed by atoms with van der Waals surface area (Å²) in [4.78, 5) is 14.8. The first-order valence-electron chi connectivity index (χ1n) is 4.85. The van der Waals surface area contributed by atoms with Crippen LogP contribution in [0.5, 0.6) is 0 Å². The van der Waals surface area contributed by atoms with E-state index in [1.165, 1.54) is 6.92 Å². The van der Waals surface area contributed by atoms with E-state index in [1.807, 2.05) is 0 Å². The molecule has 7 heteroatoms. The van der Waals surface area contributed by atoms with Crippen LogP contribution in [0, 0.1) is 5.82 Å². The van der Waals surface area contributed by atoms with Crippen molar-refractivity contribution in [1.29, 1.82) is 0 Å². The minimum Gasteiger partial charge on any atom is -0.461 e. The highest BCUT2D eigenvalue weighted by molar-refractivity contribution is 5.89. The molecule has 0 amide bonds. The molecule has 0 saturated carbocycles. The molecule has 0 atom stereocenters. The van der Waals surface area contributed by atoms with Crippen molar-refractivity contribution in [3.05, 3.63) is 28.8 Å². The zero-order valence-corrected chi connectivity index (χ0v) is 9.04. The van der Waals surface area contributed by atoms with Crippen molar-refractivity contribution in [2.75, 3.05) is 6.61 Å². The van der Waals surface area contributed by atoms with Gasteiger partial charge in [-0.25, -0.2) is 22.9 Å². The standard InChI is InChI=1S/C10H11F3N2O2/c1-2-17-10(16)8-5(4-14)6(11)3-7(15-8)9(12)13/h3,9H,2,4,14H2,1H3. The lowest BCUT2D eigenvalue weighted by Crippen LogP contribution is -2.16. The Hall–Kier alpha value is -1.63. The molecule has 1 aromatic rings. The molecule has 17 heavy (non-hydrogen) atoms. The lowest BCUT2D eigenvalue weighted by atomic mass is 10.1. The molecule has 94 valence electrons.